The number of hydrogen-bond acceptors (Lipinski definition) is 5. The maximum Gasteiger partial charge on any atom is 0.273 e. The Hall–Kier alpha value is -3.59. The maximum absolute atomic E-state index is 12.3. The quantitative estimate of drug-likeness (QED) is 0.570. The highest BCUT2D eigenvalue weighted by Crippen LogP contribution is 2.16. The Balaban J connectivity index is 1.61. The molecular weight excluding hydrogens is 382 g/mol. The zero-order valence-electron chi connectivity index (χ0n) is 14.8. The summed E-state index contributed by atoms with van der Waals surface area (Å²) in [6, 6.07) is 15.2. The Morgan fingerprint density at radius 3 is 2.11 bits per heavy atom. The third kappa shape index (κ3) is 4.38. The fourth-order valence-corrected chi connectivity index (χ4v) is 3.46. The summed E-state index contributed by atoms with van der Waals surface area (Å²) < 4.78 is 32.1. The molecule has 0 spiro atoms. The highest BCUT2D eigenvalue weighted by Gasteiger charge is 2.15. The number of sulfonamides is 1. The molecule has 0 saturated carbocycles. The highest BCUT2D eigenvalue weighted by atomic mass is 32.2. The van der Waals surface area contributed by atoms with Crippen molar-refractivity contribution in [3.63, 3.8) is 0 Å². The molecule has 0 bridgehead atoms. The summed E-state index contributed by atoms with van der Waals surface area (Å²) >= 11 is 0. The molecule has 0 radical (unpaired) electrons. The SMILES string of the molecule is Cc1occc1C(=O)NNC(=O)c1ccc(NS(=O)(=O)c2ccccc2)cc1. The molecule has 0 fully saturated rings. The second kappa shape index (κ2) is 7.97. The molecule has 0 unspecified atom stereocenters. The fraction of sp³-hybridized carbons (Fsp3) is 0.0526. The summed E-state index contributed by atoms with van der Waals surface area (Å²) in [5, 5.41) is 0. The van der Waals surface area contributed by atoms with Gasteiger partial charge in [0.25, 0.3) is 21.8 Å². The first-order chi connectivity index (χ1) is 13.4. The van der Waals surface area contributed by atoms with E-state index < -0.39 is 21.8 Å². The number of carbonyl (C=O) groups excluding carboxylic acids is 2. The van der Waals surface area contributed by atoms with Gasteiger partial charge in [0, 0.05) is 11.3 Å². The fourth-order valence-electron chi connectivity index (χ4n) is 2.38. The molecular formula is C19H17N3O5S. The van der Waals surface area contributed by atoms with Crippen LogP contribution in [-0.2, 0) is 10.0 Å². The normalized spacial score (nSPS) is 10.9. The van der Waals surface area contributed by atoms with E-state index in [0.717, 1.165) is 0 Å². The number of benzene rings is 2. The molecule has 0 atom stereocenters. The van der Waals surface area contributed by atoms with Crippen molar-refractivity contribution in [2.24, 2.45) is 0 Å². The molecule has 1 heterocycles. The van der Waals surface area contributed by atoms with E-state index in [1.807, 2.05) is 0 Å². The lowest BCUT2D eigenvalue weighted by Gasteiger charge is -2.09. The van der Waals surface area contributed by atoms with Gasteiger partial charge in [0.05, 0.1) is 16.7 Å². The first-order valence-electron chi connectivity index (χ1n) is 8.19. The van der Waals surface area contributed by atoms with E-state index in [4.69, 9.17) is 4.42 Å². The number of nitrogens with one attached hydrogen (secondary N) is 3. The molecule has 3 aromatic rings. The molecule has 0 saturated heterocycles. The van der Waals surface area contributed by atoms with E-state index in [2.05, 4.69) is 15.6 Å². The zero-order valence-corrected chi connectivity index (χ0v) is 15.6. The summed E-state index contributed by atoms with van der Waals surface area (Å²) in [5.74, 6) is -0.624. The molecule has 1 aromatic heterocycles. The van der Waals surface area contributed by atoms with Crippen molar-refractivity contribution in [3.8, 4) is 0 Å². The minimum atomic E-state index is -3.71. The molecule has 144 valence electrons. The Kier molecular flexibility index (Phi) is 5.46. The molecule has 0 aliphatic carbocycles. The largest absolute Gasteiger partial charge is 0.469 e. The van der Waals surface area contributed by atoms with Crippen LogP contribution in [0.4, 0.5) is 5.69 Å². The lowest BCUT2D eigenvalue weighted by molar-refractivity contribution is 0.0845. The Morgan fingerprint density at radius 1 is 0.857 bits per heavy atom. The van der Waals surface area contributed by atoms with Gasteiger partial charge in [-0.3, -0.25) is 25.2 Å². The van der Waals surface area contributed by atoms with Gasteiger partial charge in [-0.25, -0.2) is 8.42 Å². The van der Waals surface area contributed by atoms with Gasteiger partial charge in [-0.05, 0) is 49.4 Å². The number of amides is 2. The predicted octanol–water partition coefficient (Wildman–Crippen LogP) is 2.46. The van der Waals surface area contributed by atoms with Gasteiger partial charge in [0.15, 0.2) is 0 Å². The van der Waals surface area contributed by atoms with E-state index in [1.165, 1.54) is 48.7 Å². The van der Waals surface area contributed by atoms with Crippen LogP contribution in [0.2, 0.25) is 0 Å². The van der Waals surface area contributed by atoms with E-state index in [0.29, 0.717) is 17.0 Å². The van der Waals surface area contributed by atoms with Gasteiger partial charge in [-0.1, -0.05) is 18.2 Å². The van der Waals surface area contributed by atoms with Crippen LogP contribution in [0, 0.1) is 6.92 Å². The number of furan rings is 1. The Labute approximate surface area is 161 Å². The van der Waals surface area contributed by atoms with Crippen LogP contribution in [0.5, 0.6) is 0 Å². The molecule has 3 rings (SSSR count). The van der Waals surface area contributed by atoms with Crippen molar-refractivity contribution in [2.75, 3.05) is 4.72 Å². The van der Waals surface area contributed by atoms with Crippen molar-refractivity contribution in [1.82, 2.24) is 10.9 Å². The second-order valence-corrected chi connectivity index (χ2v) is 7.48. The van der Waals surface area contributed by atoms with Crippen molar-refractivity contribution < 1.29 is 22.4 Å². The van der Waals surface area contributed by atoms with Gasteiger partial charge in [-0.15, -0.1) is 0 Å². The van der Waals surface area contributed by atoms with Crippen LogP contribution < -0.4 is 15.6 Å². The van der Waals surface area contributed by atoms with Crippen LogP contribution in [0.25, 0.3) is 0 Å². The topological polar surface area (TPSA) is 118 Å². The monoisotopic (exact) mass is 399 g/mol. The molecule has 8 nitrogen and oxygen atoms in total. The van der Waals surface area contributed by atoms with Gasteiger partial charge in [-0.2, -0.15) is 0 Å². The molecule has 0 aliphatic heterocycles. The Morgan fingerprint density at radius 2 is 1.50 bits per heavy atom. The predicted molar refractivity (Wildman–Crippen MR) is 102 cm³/mol. The lowest BCUT2D eigenvalue weighted by atomic mass is 10.2. The second-order valence-electron chi connectivity index (χ2n) is 5.79. The average molecular weight is 399 g/mol. The van der Waals surface area contributed by atoms with Crippen molar-refractivity contribution >= 4 is 27.5 Å². The minimum absolute atomic E-state index is 0.133. The van der Waals surface area contributed by atoms with Crippen molar-refractivity contribution in [2.45, 2.75) is 11.8 Å². The number of aryl methyl sites for hydroxylation is 1. The number of hydrogen-bond donors (Lipinski definition) is 3. The maximum atomic E-state index is 12.3. The zero-order chi connectivity index (χ0) is 20.1. The number of anilines is 1. The smallest absolute Gasteiger partial charge is 0.273 e. The van der Waals surface area contributed by atoms with Gasteiger partial charge >= 0.3 is 0 Å². The van der Waals surface area contributed by atoms with Crippen LogP contribution in [0.3, 0.4) is 0 Å². The van der Waals surface area contributed by atoms with E-state index in [9.17, 15) is 18.0 Å². The first kappa shape index (κ1) is 19.2. The molecule has 0 aliphatic rings. The number of hydrazine groups is 1. The van der Waals surface area contributed by atoms with Crippen LogP contribution in [-0.4, -0.2) is 20.2 Å². The van der Waals surface area contributed by atoms with E-state index >= 15 is 0 Å². The Bertz CT molecular complexity index is 1090. The van der Waals surface area contributed by atoms with Gasteiger partial charge in [0.1, 0.15) is 5.76 Å². The first-order valence-corrected chi connectivity index (χ1v) is 9.68. The minimum Gasteiger partial charge on any atom is -0.469 e. The molecule has 2 amide bonds. The number of carbonyl (C=O) groups is 2. The van der Waals surface area contributed by atoms with Crippen molar-refractivity contribution in [1.29, 1.82) is 0 Å². The summed E-state index contributed by atoms with van der Waals surface area (Å²) in [4.78, 5) is 24.2. The summed E-state index contributed by atoms with van der Waals surface area (Å²) in [6.07, 6.45) is 1.38. The van der Waals surface area contributed by atoms with E-state index in [1.54, 1.807) is 25.1 Å². The summed E-state index contributed by atoms with van der Waals surface area (Å²) in [6.45, 7) is 1.63. The van der Waals surface area contributed by atoms with Gasteiger partial charge in [0.2, 0.25) is 0 Å². The summed E-state index contributed by atoms with van der Waals surface area (Å²) in [5.41, 5.74) is 5.44. The highest BCUT2D eigenvalue weighted by molar-refractivity contribution is 7.92. The average Bonchev–Trinajstić information content (AvgIpc) is 3.13. The molecule has 28 heavy (non-hydrogen) atoms. The van der Waals surface area contributed by atoms with Gasteiger partial charge < -0.3 is 4.42 Å². The third-order valence-corrected chi connectivity index (χ3v) is 5.24. The molecule has 3 N–H and O–H groups in total. The number of rotatable bonds is 5. The standard InChI is InChI=1S/C19H17N3O5S/c1-13-17(11-12-27-13)19(24)21-20-18(23)14-7-9-15(10-8-14)22-28(25,26)16-5-3-2-4-6-16/h2-12,22H,1H3,(H,20,23)(H,21,24). The lowest BCUT2D eigenvalue weighted by Crippen LogP contribution is -2.41. The van der Waals surface area contributed by atoms with Crippen LogP contribution >= 0.6 is 0 Å². The third-order valence-electron chi connectivity index (χ3n) is 3.85. The molecule has 2 aromatic carbocycles. The van der Waals surface area contributed by atoms with E-state index in [-0.39, 0.29) is 10.5 Å². The summed E-state index contributed by atoms with van der Waals surface area (Å²) in [7, 11) is -3.71. The van der Waals surface area contributed by atoms with Crippen LogP contribution in [0.15, 0.2) is 76.2 Å². The van der Waals surface area contributed by atoms with Crippen LogP contribution in [0.1, 0.15) is 26.5 Å². The molecule has 9 heteroatoms. The van der Waals surface area contributed by atoms with Crippen molar-refractivity contribution in [3.05, 3.63) is 83.8 Å².